The van der Waals surface area contributed by atoms with Crippen molar-refractivity contribution in [2.75, 3.05) is 5.32 Å². The smallest absolute Gasteiger partial charge is 0.135 e. The van der Waals surface area contributed by atoms with Crippen molar-refractivity contribution in [2.24, 2.45) is 0 Å². The second-order valence-electron chi connectivity index (χ2n) is 3.26. The lowest BCUT2D eigenvalue weighted by Crippen LogP contribution is -1.97. The third-order valence-electron chi connectivity index (χ3n) is 1.90. The molecule has 5 heteroatoms. The van der Waals surface area contributed by atoms with Gasteiger partial charge in [0.15, 0.2) is 0 Å². The maximum atomic E-state index is 4.29. The molecule has 16 heavy (non-hydrogen) atoms. The number of anilines is 2. The molecule has 0 unspecified atom stereocenters. The highest BCUT2D eigenvalue weighted by atomic mass is 79.9. The van der Waals surface area contributed by atoms with Crippen molar-refractivity contribution < 1.29 is 0 Å². The van der Waals surface area contributed by atoms with Gasteiger partial charge in [-0.05, 0) is 41.1 Å². The van der Waals surface area contributed by atoms with Crippen molar-refractivity contribution in [3.05, 3.63) is 45.2 Å². The zero-order chi connectivity index (χ0) is 11.5. The number of hydrogen-bond donors (Lipinski definition) is 1. The van der Waals surface area contributed by atoms with Gasteiger partial charge in [-0.25, -0.2) is 9.97 Å². The predicted octanol–water partition coefficient (Wildman–Crippen LogP) is 4.05. The van der Waals surface area contributed by atoms with E-state index in [1.54, 1.807) is 0 Å². The second kappa shape index (κ2) is 4.93. The minimum Gasteiger partial charge on any atom is -0.340 e. The molecule has 0 amide bonds. The molecule has 2 aromatic rings. The molecule has 3 nitrogen and oxygen atoms in total. The van der Waals surface area contributed by atoms with E-state index in [0.29, 0.717) is 0 Å². The first-order valence-corrected chi connectivity index (χ1v) is 6.26. The number of hydrogen-bond acceptors (Lipinski definition) is 3. The maximum Gasteiger partial charge on any atom is 0.135 e. The summed E-state index contributed by atoms with van der Waals surface area (Å²) in [4.78, 5) is 8.44. The first-order chi connectivity index (χ1) is 7.63. The predicted molar refractivity (Wildman–Crippen MR) is 71.9 cm³/mol. The average Bonchev–Trinajstić information content (AvgIpc) is 2.15. The van der Waals surface area contributed by atoms with Crippen LogP contribution >= 0.6 is 31.9 Å². The molecule has 0 fully saturated rings. The first-order valence-electron chi connectivity index (χ1n) is 4.67. The summed E-state index contributed by atoms with van der Waals surface area (Å²) in [7, 11) is 0. The van der Waals surface area contributed by atoms with Gasteiger partial charge in [-0.2, -0.15) is 0 Å². The van der Waals surface area contributed by atoms with Gasteiger partial charge in [-0.15, -0.1) is 0 Å². The van der Waals surface area contributed by atoms with Gasteiger partial charge in [-0.3, -0.25) is 0 Å². The van der Waals surface area contributed by atoms with Crippen molar-refractivity contribution in [3.63, 3.8) is 0 Å². The van der Waals surface area contributed by atoms with Gasteiger partial charge in [0.2, 0.25) is 0 Å². The highest BCUT2D eigenvalue weighted by Crippen LogP contribution is 2.20. The summed E-state index contributed by atoms with van der Waals surface area (Å²) in [5.41, 5.74) is 0.986. The summed E-state index contributed by atoms with van der Waals surface area (Å²) in [5, 5.41) is 3.22. The van der Waals surface area contributed by atoms with Gasteiger partial charge < -0.3 is 5.32 Å². The van der Waals surface area contributed by atoms with Gasteiger partial charge in [-0.1, -0.05) is 22.0 Å². The largest absolute Gasteiger partial charge is 0.340 e. The van der Waals surface area contributed by atoms with Crippen LogP contribution in [0.4, 0.5) is 11.5 Å². The number of nitrogens with zero attached hydrogens (tertiary/aromatic N) is 2. The number of rotatable bonds is 2. The van der Waals surface area contributed by atoms with Crippen LogP contribution in [0.1, 0.15) is 5.82 Å². The molecule has 0 aliphatic heterocycles. The van der Waals surface area contributed by atoms with E-state index in [2.05, 4.69) is 47.1 Å². The molecule has 1 heterocycles. The van der Waals surface area contributed by atoms with E-state index in [-0.39, 0.29) is 0 Å². The molecule has 0 spiro atoms. The second-order valence-corrected chi connectivity index (χ2v) is 4.99. The van der Waals surface area contributed by atoms with Gasteiger partial charge in [0.25, 0.3) is 0 Å². The van der Waals surface area contributed by atoms with Crippen LogP contribution in [-0.4, -0.2) is 9.97 Å². The first kappa shape index (κ1) is 11.5. The van der Waals surface area contributed by atoms with Crippen LogP contribution in [0.15, 0.2) is 39.4 Å². The van der Waals surface area contributed by atoms with E-state index in [9.17, 15) is 0 Å². The van der Waals surface area contributed by atoms with Crippen molar-refractivity contribution in [1.29, 1.82) is 0 Å². The Balaban J connectivity index is 2.27. The molecule has 0 radical (unpaired) electrons. The van der Waals surface area contributed by atoms with Crippen LogP contribution in [0.5, 0.6) is 0 Å². The monoisotopic (exact) mass is 341 g/mol. The fourth-order valence-electron chi connectivity index (χ4n) is 1.31. The molecule has 0 saturated carbocycles. The van der Waals surface area contributed by atoms with Crippen molar-refractivity contribution in [2.45, 2.75) is 6.92 Å². The van der Waals surface area contributed by atoms with Crippen LogP contribution in [0.2, 0.25) is 0 Å². The number of halogens is 2. The maximum absolute atomic E-state index is 4.29. The normalized spacial score (nSPS) is 10.2. The third kappa shape index (κ3) is 3.02. The number of aryl methyl sites for hydroxylation is 1. The summed E-state index contributed by atoms with van der Waals surface area (Å²) < 4.78 is 1.81. The lowest BCUT2D eigenvalue weighted by molar-refractivity contribution is 1.04. The standard InChI is InChI=1S/C11H9Br2N3/c1-7-14-10(13)6-11(15-7)16-9-4-2-3-8(12)5-9/h2-6H,1H3,(H,14,15,16). The molecular weight excluding hydrogens is 334 g/mol. The van der Waals surface area contributed by atoms with Crippen LogP contribution in [-0.2, 0) is 0 Å². The fourth-order valence-corrected chi connectivity index (χ4v) is 2.18. The molecule has 0 bridgehead atoms. The molecule has 1 N–H and O–H groups in total. The highest BCUT2D eigenvalue weighted by molar-refractivity contribution is 9.10. The van der Waals surface area contributed by atoms with Gasteiger partial charge in [0.05, 0.1) is 0 Å². The Labute approximate surface area is 111 Å². The summed E-state index contributed by atoms with van der Waals surface area (Å²) in [6.07, 6.45) is 0. The van der Waals surface area contributed by atoms with Crippen molar-refractivity contribution >= 4 is 43.4 Å². The van der Waals surface area contributed by atoms with Crippen LogP contribution < -0.4 is 5.32 Å². The topological polar surface area (TPSA) is 37.8 Å². The lowest BCUT2D eigenvalue weighted by atomic mass is 10.3. The summed E-state index contributed by atoms with van der Waals surface area (Å²) in [6.45, 7) is 1.86. The zero-order valence-corrected chi connectivity index (χ0v) is 11.7. The van der Waals surface area contributed by atoms with Gasteiger partial charge >= 0.3 is 0 Å². The van der Waals surface area contributed by atoms with E-state index < -0.39 is 0 Å². The minimum absolute atomic E-state index is 0.729. The highest BCUT2D eigenvalue weighted by Gasteiger charge is 2.00. The quantitative estimate of drug-likeness (QED) is 0.836. The Morgan fingerprint density at radius 1 is 1.12 bits per heavy atom. The third-order valence-corrected chi connectivity index (χ3v) is 2.80. The molecule has 1 aromatic carbocycles. The van der Waals surface area contributed by atoms with Crippen LogP contribution in [0.3, 0.4) is 0 Å². The number of nitrogens with one attached hydrogen (secondary N) is 1. The molecule has 82 valence electrons. The summed E-state index contributed by atoms with van der Waals surface area (Å²) >= 11 is 6.76. The number of aromatic nitrogens is 2. The summed E-state index contributed by atoms with van der Waals surface area (Å²) in [5.74, 6) is 1.50. The molecule has 2 rings (SSSR count). The minimum atomic E-state index is 0.729. The molecule has 0 saturated heterocycles. The Morgan fingerprint density at radius 2 is 1.94 bits per heavy atom. The van der Waals surface area contributed by atoms with Crippen LogP contribution in [0, 0.1) is 6.92 Å². The van der Waals surface area contributed by atoms with E-state index in [1.165, 1.54) is 0 Å². The van der Waals surface area contributed by atoms with E-state index >= 15 is 0 Å². The SMILES string of the molecule is Cc1nc(Br)cc(Nc2cccc(Br)c2)n1. The average molecular weight is 343 g/mol. The molecule has 0 aliphatic carbocycles. The lowest BCUT2D eigenvalue weighted by Gasteiger charge is -2.06. The van der Waals surface area contributed by atoms with E-state index in [0.717, 1.165) is 26.4 Å². The Hall–Kier alpha value is -0.940. The Kier molecular flexibility index (Phi) is 3.56. The number of benzene rings is 1. The van der Waals surface area contributed by atoms with Gasteiger partial charge in [0.1, 0.15) is 16.2 Å². The molecule has 0 atom stereocenters. The summed E-state index contributed by atoms with van der Waals surface area (Å²) in [6, 6.07) is 9.76. The van der Waals surface area contributed by atoms with E-state index in [4.69, 9.17) is 0 Å². The zero-order valence-electron chi connectivity index (χ0n) is 8.54. The van der Waals surface area contributed by atoms with Crippen molar-refractivity contribution in [3.8, 4) is 0 Å². The Bertz CT molecular complexity index is 494. The molecule has 1 aromatic heterocycles. The van der Waals surface area contributed by atoms with Crippen molar-refractivity contribution in [1.82, 2.24) is 9.97 Å². The van der Waals surface area contributed by atoms with Gasteiger partial charge in [0, 0.05) is 16.2 Å². The van der Waals surface area contributed by atoms with Crippen LogP contribution in [0.25, 0.3) is 0 Å². The molecular formula is C11H9Br2N3. The van der Waals surface area contributed by atoms with E-state index in [1.807, 2.05) is 37.3 Å². The fraction of sp³-hybridized carbons (Fsp3) is 0.0909. The Morgan fingerprint density at radius 3 is 2.62 bits per heavy atom. The molecule has 0 aliphatic rings.